The number of aliphatic carboxylic acids is 1. The minimum atomic E-state index is -0.627. The van der Waals surface area contributed by atoms with Crippen LogP contribution in [0.4, 0.5) is 0 Å². The third-order valence-corrected chi connectivity index (χ3v) is 4.94. The zero-order valence-electron chi connectivity index (χ0n) is 10.2. The summed E-state index contributed by atoms with van der Waals surface area (Å²) in [6, 6.07) is 0.403. The van der Waals surface area contributed by atoms with Gasteiger partial charge in [-0.3, -0.25) is 4.79 Å². The van der Waals surface area contributed by atoms with E-state index in [1.165, 1.54) is 19.3 Å². The van der Waals surface area contributed by atoms with Gasteiger partial charge in [0, 0.05) is 31.2 Å². The van der Waals surface area contributed by atoms with Crippen LogP contribution < -0.4 is 5.32 Å². The lowest BCUT2D eigenvalue weighted by Gasteiger charge is -2.41. The van der Waals surface area contributed by atoms with Gasteiger partial charge in [0.1, 0.15) is 0 Å². The highest BCUT2D eigenvalue weighted by atomic mass is 16.5. The molecule has 0 bridgehead atoms. The topological polar surface area (TPSA) is 58.6 Å². The molecule has 2 atom stereocenters. The maximum atomic E-state index is 11.4. The maximum absolute atomic E-state index is 11.4. The van der Waals surface area contributed by atoms with Crippen molar-refractivity contribution in [2.24, 2.45) is 17.3 Å². The molecule has 0 amide bonds. The number of carboxylic acids is 1. The van der Waals surface area contributed by atoms with Crippen LogP contribution in [-0.2, 0) is 9.53 Å². The van der Waals surface area contributed by atoms with E-state index in [1.807, 2.05) is 0 Å². The normalized spacial score (nSPS) is 36.2. The van der Waals surface area contributed by atoms with Gasteiger partial charge in [0.2, 0.25) is 0 Å². The number of carbonyl (C=O) groups is 1. The quantitative estimate of drug-likeness (QED) is 0.778. The van der Waals surface area contributed by atoms with Crippen molar-refractivity contribution >= 4 is 5.97 Å². The van der Waals surface area contributed by atoms with E-state index in [1.54, 1.807) is 0 Å². The van der Waals surface area contributed by atoms with Gasteiger partial charge in [-0.15, -0.1) is 0 Å². The van der Waals surface area contributed by atoms with Crippen molar-refractivity contribution in [1.29, 1.82) is 0 Å². The molecule has 2 aliphatic heterocycles. The van der Waals surface area contributed by atoms with E-state index >= 15 is 0 Å². The van der Waals surface area contributed by atoms with E-state index in [-0.39, 0.29) is 11.3 Å². The maximum Gasteiger partial charge on any atom is 0.308 e. The standard InChI is InChI=1S/C13H21NO3/c15-12(16)10-8-14-11(7-9-1-2-9)13(10)3-5-17-6-4-13/h9-11,14H,1-8H2,(H,15,16)/t10-,11+/m0/s1. The minimum absolute atomic E-state index is 0.0350. The first-order valence-electron chi connectivity index (χ1n) is 6.76. The lowest BCUT2D eigenvalue weighted by molar-refractivity contribution is -0.148. The summed E-state index contributed by atoms with van der Waals surface area (Å²) in [5.41, 5.74) is -0.0350. The first-order valence-corrected chi connectivity index (χ1v) is 6.76. The molecule has 3 aliphatic rings. The molecule has 2 heterocycles. The Hall–Kier alpha value is -0.610. The zero-order valence-corrected chi connectivity index (χ0v) is 10.2. The Kier molecular flexibility index (Phi) is 2.87. The second-order valence-corrected chi connectivity index (χ2v) is 5.88. The minimum Gasteiger partial charge on any atom is -0.481 e. The fraction of sp³-hybridized carbons (Fsp3) is 0.923. The van der Waals surface area contributed by atoms with Gasteiger partial charge in [0.15, 0.2) is 0 Å². The molecule has 2 N–H and O–H groups in total. The molecule has 0 aromatic heterocycles. The Labute approximate surface area is 102 Å². The van der Waals surface area contributed by atoms with Crippen LogP contribution in [0, 0.1) is 17.3 Å². The van der Waals surface area contributed by atoms with Gasteiger partial charge in [-0.2, -0.15) is 0 Å². The third kappa shape index (κ3) is 1.97. The second-order valence-electron chi connectivity index (χ2n) is 5.88. The van der Waals surface area contributed by atoms with Gasteiger partial charge in [-0.05, 0) is 25.2 Å². The fourth-order valence-corrected chi connectivity index (χ4v) is 3.70. The van der Waals surface area contributed by atoms with Crippen molar-refractivity contribution in [3.05, 3.63) is 0 Å². The van der Waals surface area contributed by atoms with Crippen molar-refractivity contribution < 1.29 is 14.6 Å². The van der Waals surface area contributed by atoms with Crippen LogP contribution in [0.3, 0.4) is 0 Å². The number of carboxylic acid groups (broad SMARTS) is 1. The van der Waals surface area contributed by atoms with Gasteiger partial charge < -0.3 is 15.2 Å². The predicted octanol–water partition coefficient (Wildman–Crippen LogP) is 1.26. The molecule has 1 aliphatic carbocycles. The molecule has 17 heavy (non-hydrogen) atoms. The van der Waals surface area contributed by atoms with Crippen LogP contribution in [0.15, 0.2) is 0 Å². The van der Waals surface area contributed by atoms with Gasteiger partial charge in [-0.25, -0.2) is 0 Å². The SMILES string of the molecule is O=C(O)[C@@H]1CN[C@H](CC2CC2)C12CCOCC2. The van der Waals surface area contributed by atoms with E-state index in [0.717, 1.165) is 32.0 Å². The van der Waals surface area contributed by atoms with Crippen LogP contribution in [0.25, 0.3) is 0 Å². The number of hydrogen-bond donors (Lipinski definition) is 2. The number of rotatable bonds is 3. The van der Waals surface area contributed by atoms with Crippen molar-refractivity contribution in [3.8, 4) is 0 Å². The fourth-order valence-electron chi connectivity index (χ4n) is 3.70. The summed E-state index contributed by atoms with van der Waals surface area (Å²) in [5, 5.41) is 12.9. The molecular formula is C13H21NO3. The zero-order chi connectivity index (χ0) is 11.9. The van der Waals surface area contributed by atoms with Gasteiger partial charge in [0.25, 0.3) is 0 Å². The molecule has 0 aromatic carbocycles. The Balaban J connectivity index is 1.80. The van der Waals surface area contributed by atoms with E-state index in [0.29, 0.717) is 12.6 Å². The Morgan fingerprint density at radius 1 is 1.35 bits per heavy atom. The summed E-state index contributed by atoms with van der Waals surface area (Å²) in [6.07, 6.45) is 5.66. The highest BCUT2D eigenvalue weighted by molar-refractivity contribution is 5.72. The van der Waals surface area contributed by atoms with Crippen LogP contribution in [0.2, 0.25) is 0 Å². The largest absolute Gasteiger partial charge is 0.481 e. The van der Waals surface area contributed by atoms with Crippen LogP contribution in [-0.4, -0.2) is 36.9 Å². The molecule has 2 saturated heterocycles. The third-order valence-electron chi connectivity index (χ3n) is 4.94. The average Bonchev–Trinajstić information content (AvgIpc) is 3.06. The summed E-state index contributed by atoms with van der Waals surface area (Å²) in [4.78, 5) is 11.4. The summed E-state index contributed by atoms with van der Waals surface area (Å²) in [6.45, 7) is 2.10. The molecule has 96 valence electrons. The van der Waals surface area contributed by atoms with Gasteiger partial charge in [-0.1, -0.05) is 12.8 Å². The summed E-state index contributed by atoms with van der Waals surface area (Å²) < 4.78 is 5.43. The molecule has 4 nitrogen and oxygen atoms in total. The predicted molar refractivity (Wildman–Crippen MR) is 62.7 cm³/mol. The molecule has 0 unspecified atom stereocenters. The van der Waals surface area contributed by atoms with Crippen molar-refractivity contribution in [2.75, 3.05) is 19.8 Å². The van der Waals surface area contributed by atoms with Crippen molar-refractivity contribution in [2.45, 2.75) is 38.1 Å². The molecule has 3 fully saturated rings. The molecule has 4 heteroatoms. The van der Waals surface area contributed by atoms with Crippen LogP contribution in [0.5, 0.6) is 0 Å². The first-order chi connectivity index (χ1) is 8.22. The number of hydrogen-bond acceptors (Lipinski definition) is 3. The molecule has 1 saturated carbocycles. The lowest BCUT2D eigenvalue weighted by Crippen LogP contribution is -2.46. The molecule has 3 rings (SSSR count). The number of ether oxygens (including phenoxy) is 1. The Bertz CT molecular complexity index is 308. The van der Waals surface area contributed by atoms with E-state index in [4.69, 9.17) is 4.74 Å². The van der Waals surface area contributed by atoms with E-state index in [2.05, 4.69) is 5.32 Å². The van der Waals surface area contributed by atoms with Crippen LogP contribution in [0.1, 0.15) is 32.1 Å². The van der Waals surface area contributed by atoms with Crippen LogP contribution >= 0.6 is 0 Å². The Morgan fingerprint density at radius 2 is 2.06 bits per heavy atom. The summed E-state index contributed by atoms with van der Waals surface area (Å²) in [5.74, 6) is 0.00705. The molecular weight excluding hydrogens is 218 g/mol. The monoisotopic (exact) mass is 239 g/mol. The van der Waals surface area contributed by atoms with Gasteiger partial charge >= 0.3 is 5.97 Å². The summed E-state index contributed by atoms with van der Waals surface area (Å²) in [7, 11) is 0. The highest BCUT2D eigenvalue weighted by Crippen LogP contribution is 2.49. The second kappa shape index (κ2) is 4.25. The smallest absolute Gasteiger partial charge is 0.308 e. The average molecular weight is 239 g/mol. The van der Waals surface area contributed by atoms with E-state index < -0.39 is 5.97 Å². The number of nitrogens with one attached hydrogen (secondary N) is 1. The molecule has 0 radical (unpaired) electrons. The van der Waals surface area contributed by atoms with E-state index in [9.17, 15) is 9.90 Å². The lowest BCUT2D eigenvalue weighted by atomic mass is 9.66. The first kappa shape index (κ1) is 11.5. The van der Waals surface area contributed by atoms with Gasteiger partial charge in [0.05, 0.1) is 5.92 Å². The summed E-state index contributed by atoms with van der Waals surface area (Å²) >= 11 is 0. The Morgan fingerprint density at radius 3 is 2.65 bits per heavy atom. The molecule has 1 spiro atoms. The highest BCUT2D eigenvalue weighted by Gasteiger charge is 2.54. The van der Waals surface area contributed by atoms with Crippen molar-refractivity contribution in [3.63, 3.8) is 0 Å². The van der Waals surface area contributed by atoms with Crippen molar-refractivity contribution in [1.82, 2.24) is 5.32 Å². The molecule has 0 aromatic rings.